The van der Waals surface area contributed by atoms with Crippen LogP contribution in [0.2, 0.25) is 0 Å². The van der Waals surface area contributed by atoms with Crippen molar-refractivity contribution >= 4 is 0 Å². The van der Waals surface area contributed by atoms with Crippen LogP contribution < -0.4 is 10.1 Å². The predicted octanol–water partition coefficient (Wildman–Crippen LogP) is 4.21. The number of halogens is 1. The second-order valence-electron chi connectivity index (χ2n) is 6.09. The molecule has 0 unspecified atom stereocenters. The van der Waals surface area contributed by atoms with Gasteiger partial charge in [0.05, 0.1) is 0 Å². The highest BCUT2D eigenvalue weighted by atomic mass is 19.1. The Morgan fingerprint density at radius 3 is 2.71 bits per heavy atom. The van der Waals surface area contributed by atoms with Gasteiger partial charge in [-0.2, -0.15) is 0 Å². The van der Waals surface area contributed by atoms with Crippen LogP contribution >= 0.6 is 0 Å². The first-order valence-electron chi connectivity index (χ1n) is 6.98. The van der Waals surface area contributed by atoms with Gasteiger partial charge in [0.25, 0.3) is 0 Å². The van der Waals surface area contributed by atoms with Crippen LogP contribution in [0.25, 0.3) is 0 Å². The molecule has 0 radical (unpaired) electrons. The van der Waals surface area contributed by atoms with E-state index in [1.54, 1.807) is 31.3 Å². The summed E-state index contributed by atoms with van der Waals surface area (Å²) in [7, 11) is 0. The van der Waals surface area contributed by atoms with E-state index < -0.39 is 0 Å². The van der Waals surface area contributed by atoms with Crippen LogP contribution in [0.1, 0.15) is 31.9 Å². The second kappa shape index (κ2) is 6.22. The van der Waals surface area contributed by atoms with Gasteiger partial charge in [-0.05, 0) is 51.0 Å². The number of ether oxygens (including phenoxy) is 1. The molecule has 1 heterocycles. The van der Waals surface area contributed by atoms with Gasteiger partial charge in [0.2, 0.25) is 5.88 Å². The normalized spacial score (nSPS) is 11.5. The van der Waals surface area contributed by atoms with E-state index >= 15 is 0 Å². The summed E-state index contributed by atoms with van der Waals surface area (Å²) < 4.78 is 19.5. The highest BCUT2D eigenvalue weighted by molar-refractivity contribution is 5.33. The fourth-order valence-electron chi connectivity index (χ4n) is 1.80. The molecule has 0 saturated carbocycles. The molecule has 0 atom stereocenters. The summed E-state index contributed by atoms with van der Waals surface area (Å²) in [4.78, 5) is 4.13. The minimum absolute atomic E-state index is 0.0347. The van der Waals surface area contributed by atoms with Crippen molar-refractivity contribution in [1.29, 1.82) is 0 Å². The molecular formula is C17H21FN2O. The first-order valence-corrected chi connectivity index (χ1v) is 6.98. The Balaban J connectivity index is 2.12. The summed E-state index contributed by atoms with van der Waals surface area (Å²) in [6.45, 7) is 8.73. The summed E-state index contributed by atoms with van der Waals surface area (Å²) in [6, 6.07) is 8.81. The average molecular weight is 288 g/mol. The Labute approximate surface area is 125 Å². The summed E-state index contributed by atoms with van der Waals surface area (Å²) in [6.07, 6.45) is 1.67. The summed E-state index contributed by atoms with van der Waals surface area (Å²) in [5.41, 5.74) is 1.63. The van der Waals surface area contributed by atoms with E-state index in [-0.39, 0.29) is 17.1 Å². The molecule has 1 aromatic carbocycles. The Bertz CT molecular complexity index is 620. The third-order valence-electron chi connectivity index (χ3n) is 2.99. The van der Waals surface area contributed by atoms with Crippen molar-refractivity contribution in [1.82, 2.24) is 10.3 Å². The minimum Gasteiger partial charge on any atom is -0.436 e. The van der Waals surface area contributed by atoms with Gasteiger partial charge in [-0.25, -0.2) is 9.37 Å². The van der Waals surface area contributed by atoms with Crippen LogP contribution in [0.5, 0.6) is 11.6 Å². The Morgan fingerprint density at radius 1 is 1.24 bits per heavy atom. The number of pyridine rings is 1. The zero-order valence-corrected chi connectivity index (χ0v) is 12.9. The van der Waals surface area contributed by atoms with Crippen LogP contribution in [0.15, 0.2) is 36.5 Å². The maximum Gasteiger partial charge on any atom is 0.219 e. The van der Waals surface area contributed by atoms with Crippen molar-refractivity contribution in [2.75, 3.05) is 0 Å². The van der Waals surface area contributed by atoms with E-state index in [0.717, 1.165) is 5.56 Å². The van der Waals surface area contributed by atoms with Gasteiger partial charge < -0.3 is 10.1 Å². The fourth-order valence-corrected chi connectivity index (χ4v) is 1.80. The lowest BCUT2D eigenvalue weighted by Gasteiger charge is -2.20. The Morgan fingerprint density at radius 2 is 2.00 bits per heavy atom. The number of hydrogen-bond donors (Lipinski definition) is 1. The van der Waals surface area contributed by atoms with Gasteiger partial charge >= 0.3 is 0 Å². The number of rotatable bonds is 4. The largest absolute Gasteiger partial charge is 0.436 e. The van der Waals surface area contributed by atoms with E-state index in [2.05, 4.69) is 31.1 Å². The van der Waals surface area contributed by atoms with Crippen molar-refractivity contribution in [3.63, 3.8) is 0 Å². The molecule has 0 aliphatic carbocycles. The van der Waals surface area contributed by atoms with Crippen LogP contribution in [0, 0.1) is 12.7 Å². The van der Waals surface area contributed by atoms with Gasteiger partial charge in [-0.3, -0.25) is 0 Å². The number of nitrogens with zero attached hydrogens (tertiary/aromatic N) is 1. The van der Waals surface area contributed by atoms with Gasteiger partial charge in [0, 0.05) is 24.3 Å². The molecule has 4 heteroatoms. The van der Waals surface area contributed by atoms with E-state index in [1.807, 2.05) is 12.1 Å². The molecule has 0 amide bonds. The zero-order valence-electron chi connectivity index (χ0n) is 12.9. The molecule has 0 spiro atoms. The summed E-state index contributed by atoms with van der Waals surface area (Å²) in [5, 5.41) is 3.39. The van der Waals surface area contributed by atoms with Gasteiger partial charge in [-0.15, -0.1) is 0 Å². The zero-order chi connectivity index (χ0) is 15.5. The molecule has 21 heavy (non-hydrogen) atoms. The van der Waals surface area contributed by atoms with Crippen molar-refractivity contribution < 1.29 is 9.13 Å². The minimum atomic E-state index is -0.350. The quantitative estimate of drug-likeness (QED) is 0.915. The molecule has 0 fully saturated rings. The second-order valence-corrected chi connectivity index (χ2v) is 6.09. The van der Waals surface area contributed by atoms with Gasteiger partial charge in [-0.1, -0.05) is 12.1 Å². The SMILES string of the molecule is Cc1cccc(Oc2cc(CNC(C)(C)C)ccn2)c1F. The lowest BCUT2D eigenvalue weighted by molar-refractivity contribution is 0.416. The maximum absolute atomic E-state index is 13.9. The fraction of sp³-hybridized carbons (Fsp3) is 0.353. The molecule has 112 valence electrons. The number of hydrogen-bond acceptors (Lipinski definition) is 3. The molecule has 0 saturated heterocycles. The number of aryl methyl sites for hydroxylation is 1. The van der Waals surface area contributed by atoms with Crippen molar-refractivity contribution in [3.8, 4) is 11.6 Å². The number of aromatic nitrogens is 1. The molecule has 0 bridgehead atoms. The predicted molar refractivity (Wildman–Crippen MR) is 82.0 cm³/mol. The van der Waals surface area contributed by atoms with E-state index in [0.29, 0.717) is 18.0 Å². The standard InChI is InChI=1S/C17H21FN2O/c1-12-6-5-7-14(16(12)18)21-15-10-13(8-9-19-15)11-20-17(2,3)4/h5-10,20H,11H2,1-4H3. The summed E-state index contributed by atoms with van der Waals surface area (Å²) >= 11 is 0. The van der Waals surface area contributed by atoms with Crippen molar-refractivity contribution in [3.05, 3.63) is 53.5 Å². The first-order chi connectivity index (χ1) is 9.85. The van der Waals surface area contributed by atoms with Crippen LogP contribution in [0.3, 0.4) is 0 Å². The Kier molecular flexibility index (Phi) is 4.58. The van der Waals surface area contributed by atoms with E-state index in [1.165, 1.54) is 0 Å². The third kappa shape index (κ3) is 4.53. The number of nitrogens with one attached hydrogen (secondary N) is 1. The van der Waals surface area contributed by atoms with Crippen LogP contribution in [0.4, 0.5) is 4.39 Å². The molecule has 2 rings (SSSR count). The van der Waals surface area contributed by atoms with Gasteiger partial charge in [0.1, 0.15) is 0 Å². The molecule has 0 aliphatic heterocycles. The molecule has 1 aromatic heterocycles. The third-order valence-corrected chi connectivity index (χ3v) is 2.99. The van der Waals surface area contributed by atoms with Crippen molar-refractivity contribution in [2.24, 2.45) is 0 Å². The molecule has 1 N–H and O–H groups in total. The van der Waals surface area contributed by atoms with Crippen LogP contribution in [-0.4, -0.2) is 10.5 Å². The van der Waals surface area contributed by atoms with Gasteiger partial charge in [0.15, 0.2) is 11.6 Å². The summed E-state index contributed by atoms with van der Waals surface area (Å²) in [5.74, 6) is 0.244. The lowest BCUT2D eigenvalue weighted by Crippen LogP contribution is -2.35. The van der Waals surface area contributed by atoms with Crippen LogP contribution in [-0.2, 0) is 6.54 Å². The smallest absolute Gasteiger partial charge is 0.219 e. The number of benzene rings is 1. The highest BCUT2D eigenvalue weighted by Gasteiger charge is 2.10. The topological polar surface area (TPSA) is 34.1 Å². The Hall–Kier alpha value is -1.94. The maximum atomic E-state index is 13.9. The molecule has 2 aromatic rings. The van der Waals surface area contributed by atoms with Crippen molar-refractivity contribution in [2.45, 2.75) is 39.8 Å². The van der Waals surface area contributed by atoms with E-state index in [4.69, 9.17) is 4.74 Å². The first kappa shape index (κ1) is 15.4. The average Bonchev–Trinajstić information content (AvgIpc) is 2.41. The van der Waals surface area contributed by atoms with E-state index in [9.17, 15) is 4.39 Å². The monoisotopic (exact) mass is 288 g/mol. The molecule has 0 aliphatic rings. The molecule has 3 nitrogen and oxygen atoms in total. The highest BCUT2D eigenvalue weighted by Crippen LogP contribution is 2.25. The lowest BCUT2D eigenvalue weighted by atomic mass is 10.1. The molecular weight excluding hydrogens is 267 g/mol.